The van der Waals surface area contributed by atoms with Gasteiger partial charge < -0.3 is 28.4 Å². The van der Waals surface area contributed by atoms with E-state index < -0.39 is 72.8 Å². The van der Waals surface area contributed by atoms with Crippen LogP contribution in [-0.4, -0.2) is 69.9 Å². The molecule has 13 nitrogen and oxygen atoms in total. The number of carbonyl (C=O) groups is 2. The van der Waals surface area contributed by atoms with Crippen LogP contribution in [0.2, 0.25) is 0 Å². The molecule has 0 radical (unpaired) electrons. The highest BCUT2D eigenvalue weighted by atomic mass is 31.2. The van der Waals surface area contributed by atoms with E-state index in [0.29, 0.717) is 0 Å². The van der Waals surface area contributed by atoms with Crippen LogP contribution in [0.4, 0.5) is 0 Å². The minimum Gasteiger partial charge on any atom is -0.462 e. The maximum Gasteiger partial charge on any atom is 0.331 e. The molecule has 1 unspecified atom stereocenters. The van der Waals surface area contributed by atoms with E-state index in [1.165, 1.54) is 0 Å². The molecular formula is C23H31N2O11P. The molecule has 0 amide bonds. The highest BCUT2D eigenvalue weighted by Crippen LogP contribution is 2.59. The van der Waals surface area contributed by atoms with Crippen molar-refractivity contribution >= 4 is 19.5 Å². The van der Waals surface area contributed by atoms with E-state index in [1.54, 1.807) is 27.7 Å². The van der Waals surface area contributed by atoms with Gasteiger partial charge in [0.25, 0.3) is 5.56 Å². The minimum atomic E-state index is -3.87. The number of aromatic nitrogens is 2. The van der Waals surface area contributed by atoms with Gasteiger partial charge in [-0.3, -0.25) is 28.5 Å². The molecule has 2 aliphatic rings. The third kappa shape index (κ3) is 6.40. The molecule has 0 aromatic carbocycles. The second kappa shape index (κ2) is 11.3. The van der Waals surface area contributed by atoms with Crippen molar-refractivity contribution in [1.82, 2.24) is 9.55 Å². The normalized spacial score (nSPS) is 29.2. The Labute approximate surface area is 212 Å². The lowest BCUT2D eigenvalue weighted by Crippen LogP contribution is -2.47. The molecule has 0 aliphatic carbocycles. The van der Waals surface area contributed by atoms with Crippen molar-refractivity contribution in [3.05, 3.63) is 33.1 Å². The summed E-state index contributed by atoms with van der Waals surface area (Å²) in [4.78, 5) is 50.6. The average molecular weight is 542 g/mol. The molecule has 204 valence electrons. The van der Waals surface area contributed by atoms with E-state index in [0.717, 1.165) is 16.8 Å². The predicted molar refractivity (Wildman–Crippen MR) is 127 cm³/mol. The number of carbonyl (C=O) groups excluding carboxylic acids is 2. The van der Waals surface area contributed by atoms with Gasteiger partial charge in [-0.25, -0.2) is 4.79 Å². The number of fused-ring (bicyclic) bond motifs is 1. The van der Waals surface area contributed by atoms with E-state index >= 15 is 0 Å². The van der Waals surface area contributed by atoms with Crippen LogP contribution < -0.4 is 11.2 Å². The molecule has 2 fully saturated rings. The second-order valence-corrected chi connectivity index (χ2v) is 11.5. The van der Waals surface area contributed by atoms with Gasteiger partial charge in [0.05, 0.1) is 37.7 Å². The molecule has 1 aromatic heterocycles. The number of nitrogens with one attached hydrogen (secondary N) is 1. The smallest absolute Gasteiger partial charge is 0.331 e. The molecule has 5 atom stereocenters. The molecule has 1 aromatic rings. The Morgan fingerprint density at radius 1 is 1.27 bits per heavy atom. The molecule has 0 bridgehead atoms. The summed E-state index contributed by atoms with van der Waals surface area (Å²) in [7, 11) is -3.87. The Balaban J connectivity index is 1.73. The van der Waals surface area contributed by atoms with Crippen molar-refractivity contribution in [1.29, 1.82) is 0 Å². The monoisotopic (exact) mass is 542 g/mol. The Morgan fingerprint density at radius 3 is 2.43 bits per heavy atom. The first-order chi connectivity index (χ1) is 17.3. The summed E-state index contributed by atoms with van der Waals surface area (Å²) in [6.07, 6.45) is 3.06. The molecule has 37 heavy (non-hydrogen) atoms. The van der Waals surface area contributed by atoms with Crippen LogP contribution in [-0.2, 0) is 37.4 Å². The Hall–Kier alpha value is -2.75. The predicted octanol–water partition coefficient (Wildman–Crippen LogP) is 0.564. The van der Waals surface area contributed by atoms with Gasteiger partial charge in [-0.05, 0) is 34.1 Å². The van der Waals surface area contributed by atoms with Crippen LogP contribution in [0.1, 0.15) is 40.3 Å². The molecule has 2 saturated heterocycles. The van der Waals surface area contributed by atoms with Gasteiger partial charge in [0.2, 0.25) is 0 Å². The van der Waals surface area contributed by atoms with Crippen LogP contribution in [0.5, 0.6) is 0 Å². The lowest BCUT2D eigenvalue weighted by molar-refractivity contribution is -0.167. The summed E-state index contributed by atoms with van der Waals surface area (Å²) in [6.45, 7) is 5.94. The van der Waals surface area contributed by atoms with Gasteiger partial charge in [0.1, 0.15) is 0 Å². The molecule has 2 N–H and O–H groups in total. The van der Waals surface area contributed by atoms with Crippen molar-refractivity contribution in [2.45, 2.75) is 64.3 Å². The summed E-state index contributed by atoms with van der Waals surface area (Å²) < 4.78 is 41.3. The van der Waals surface area contributed by atoms with Crippen molar-refractivity contribution in [3.63, 3.8) is 0 Å². The SMILES string of the molecule is C#C[C@@]1(O)[C@@H]2CP(=O)(OCCC(C(=O)OC(C)C)C(=O)OC(C)C)OC[C@H]2O[C@H]1n1ccc(=O)[nH]c1=O. The highest BCUT2D eigenvalue weighted by molar-refractivity contribution is 7.53. The van der Waals surface area contributed by atoms with Crippen molar-refractivity contribution in [2.75, 3.05) is 19.4 Å². The summed E-state index contributed by atoms with van der Waals surface area (Å²) in [5.74, 6) is -1.62. The van der Waals surface area contributed by atoms with Gasteiger partial charge in [-0.1, -0.05) is 5.92 Å². The van der Waals surface area contributed by atoms with Crippen LogP contribution in [0.15, 0.2) is 21.9 Å². The summed E-state index contributed by atoms with van der Waals surface area (Å²) in [5.41, 5.74) is -3.58. The quantitative estimate of drug-likeness (QED) is 0.193. The zero-order valence-corrected chi connectivity index (χ0v) is 21.8. The number of aliphatic hydroxyl groups is 1. The first kappa shape index (κ1) is 28.8. The number of hydrogen-bond donors (Lipinski definition) is 2. The molecule has 0 spiro atoms. The maximum atomic E-state index is 13.4. The average Bonchev–Trinajstić information content (AvgIpc) is 3.07. The van der Waals surface area contributed by atoms with E-state index in [2.05, 4.69) is 10.9 Å². The van der Waals surface area contributed by atoms with Gasteiger partial charge in [0.15, 0.2) is 17.7 Å². The van der Waals surface area contributed by atoms with Gasteiger partial charge in [-0.15, -0.1) is 6.42 Å². The number of rotatable bonds is 9. The van der Waals surface area contributed by atoms with Gasteiger partial charge in [-0.2, -0.15) is 0 Å². The standard InChI is InChI=1S/C23H31N2O11P/c1-6-23(30)16-12-37(31,32-10-8-15(19(27)34-13(2)3)20(28)35-14(4)5)33-11-17(16)36-21(23)25-9-7-18(26)24-22(25)29/h1,7,9,13-17,21,30H,8,10-12H2,2-5H3,(H,24,26,29)/t16-,17-,21-,23-,37?/m1/s1. The summed E-state index contributed by atoms with van der Waals surface area (Å²) in [5, 5.41) is 11.3. The van der Waals surface area contributed by atoms with Crippen molar-refractivity contribution in [2.24, 2.45) is 11.8 Å². The fourth-order valence-corrected chi connectivity index (χ4v) is 6.19. The molecule has 3 heterocycles. The lowest BCUT2D eigenvalue weighted by Gasteiger charge is -2.34. The molecule has 14 heteroatoms. The number of hydrogen-bond acceptors (Lipinski definition) is 11. The van der Waals surface area contributed by atoms with Crippen LogP contribution in [0.3, 0.4) is 0 Å². The van der Waals surface area contributed by atoms with Crippen molar-refractivity contribution < 1.29 is 42.5 Å². The van der Waals surface area contributed by atoms with Crippen LogP contribution in [0.25, 0.3) is 0 Å². The lowest BCUT2D eigenvalue weighted by atomic mass is 9.86. The van der Waals surface area contributed by atoms with Crippen molar-refractivity contribution in [3.8, 4) is 12.3 Å². The number of aromatic amines is 1. The summed E-state index contributed by atoms with van der Waals surface area (Å²) in [6, 6.07) is 1.07. The summed E-state index contributed by atoms with van der Waals surface area (Å²) >= 11 is 0. The van der Waals surface area contributed by atoms with Gasteiger partial charge in [0, 0.05) is 18.2 Å². The first-order valence-electron chi connectivity index (χ1n) is 11.8. The van der Waals surface area contributed by atoms with Crippen LogP contribution >= 0.6 is 7.60 Å². The zero-order chi connectivity index (χ0) is 27.5. The molecule has 3 rings (SSSR count). The molecular weight excluding hydrogens is 511 g/mol. The molecule has 2 aliphatic heterocycles. The fourth-order valence-electron chi connectivity index (χ4n) is 4.15. The largest absolute Gasteiger partial charge is 0.462 e. The van der Waals surface area contributed by atoms with E-state index in [9.17, 15) is 28.8 Å². The minimum absolute atomic E-state index is 0.191. The highest BCUT2D eigenvalue weighted by Gasteiger charge is 2.60. The second-order valence-electron chi connectivity index (χ2n) is 9.36. The fraction of sp³-hybridized carbons (Fsp3) is 0.652. The first-order valence-corrected chi connectivity index (χ1v) is 13.5. The zero-order valence-electron chi connectivity index (χ0n) is 20.9. The number of nitrogens with zero attached hydrogens (tertiary/aromatic N) is 1. The third-order valence-electron chi connectivity index (χ3n) is 5.85. The Kier molecular flexibility index (Phi) is 8.82. The van der Waals surface area contributed by atoms with E-state index in [4.69, 9.17) is 29.7 Å². The number of terminal acetylenes is 1. The molecule has 0 saturated carbocycles. The number of H-pyrrole nitrogens is 1. The van der Waals surface area contributed by atoms with Crippen LogP contribution in [0, 0.1) is 24.2 Å². The number of ether oxygens (including phenoxy) is 3. The van der Waals surface area contributed by atoms with Gasteiger partial charge >= 0.3 is 25.2 Å². The topological polar surface area (TPSA) is 172 Å². The maximum absolute atomic E-state index is 13.4. The number of esters is 2. The van der Waals surface area contributed by atoms with E-state index in [1.807, 2.05) is 0 Å². The third-order valence-corrected chi connectivity index (χ3v) is 7.81. The van der Waals surface area contributed by atoms with E-state index in [-0.39, 0.29) is 25.8 Å². The Morgan fingerprint density at radius 2 is 1.89 bits per heavy atom. The Bertz CT molecular complexity index is 1190.